The topological polar surface area (TPSA) is 54.0 Å². The molecule has 0 atom stereocenters. The molecule has 0 aliphatic rings. The van der Waals surface area contributed by atoms with E-state index in [1.54, 1.807) is 0 Å². The standard InChI is InChI=1S/C19H17F3O5/c1-24-15-7-5-12(10-13(15)20)14(23)6-4-11-8-16(25-2)18(27-19(21)22)17(9-11)26-3/h4-10,19H,1-3H3/b6-4+. The fourth-order valence-corrected chi connectivity index (χ4v) is 2.29. The average Bonchev–Trinajstić information content (AvgIpc) is 2.66. The van der Waals surface area contributed by atoms with Crippen molar-refractivity contribution in [3.8, 4) is 23.0 Å². The Balaban J connectivity index is 2.30. The minimum absolute atomic E-state index is 0.0113. The summed E-state index contributed by atoms with van der Waals surface area (Å²) in [5, 5.41) is 0. The smallest absolute Gasteiger partial charge is 0.387 e. The summed E-state index contributed by atoms with van der Waals surface area (Å²) in [4.78, 5) is 12.2. The molecular formula is C19H17F3O5. The van der Waals surface area contributed by atoms with Crippen molar-refractivity contribution in [1.29, 1.82) is 0 Å². The predicted octanol–water partition coefficient (Wildman–Crippen LogP) is 4.35. The first-order chi connectivity index (χ1) is 12.9. The highest BCUT2D eigenvalue weighted by molar-refractivity contribution is 6.06. The number of methoxy groups -OCH3 is 3. The van der Waals surface area contributed by atoms with E-state index in [9.17, 15) is 18.0 Å². The summed E-state index contributed by atoms with van der Waals surface area (Å²) in [6.45, 7) is -3.05. The number of carbonyl (C=O) groups excluding carboxylic acids is 1. The van der Waals surface area contributed by atoms with Crippen LogP contribution in [-0.2, 0) is 0 Å². The molecule has 27 heavy (non-hydrogen) atoms. The number of benzene rings is 2. The summed E-state index contributed by atoms with van der Waals surface area (Å²) in [5.41, 5.74) is 0.564. The van der Waals surface area contributed by atoms with Crippen LogP contribution in [0.2, 0.25) is 0 Å². The van der Waals surface area contributed by atoms with Crippen LogP contribution >= 0.6 is 0 Å². The molecule has 2 rings (SSSR count). The van der Waals surface area contributed by atoms with E-state index in [0.717, 1.165) is 6.07 Å². The molecule has 2 aromatic rings. The second kappa shape index (κ2) is 8.98. The number of hydrogen-bond donors (Lipinski definition) is 0. The van der Waals surface area contributed by atoms with Crippen molar-refractivity contribution in [2.24, 2.45) is 0 Å². The van der Waals surface area contributed by atoms with Gasteiger partial charge in [-0.1, -0.05) is 6.08 Å². The Morgan fingerprint density at radius 1 is 0.963 bits per heavy atom. The van der Waals surface area contributed by atoms with Gasteiger partial charge in [-0.05, 0) is 42.0 Å². The van der Waals surface area contributed by atoms with Crippen LogP contribution in [-0.4, -0.2) is 33.7 Å². The lowest BCUT2D eigenvalue weighted by molar-refractivity contribution is -0.0526. The van der Waals surface area contributed by atoms with Crippen molar-refractivity contribution in [3.05, 3.63) is 53.4 Å². The lowest BCUT2D eigenvalue weighted by Gasteiger charge is -2.14. The maximum Gasteiger partial charge on any atom is 0.387 e. The number of allylic oxidation sites excluding steroid dienone is 1. The van der Waals surface area contributed by atoms with E-state index in [1.165, 1.54) is 57.7 Å². The number of ether oxygens (including phenoxy) is 4. The van der Waals surface area contributed by atoms with Crippen LogP contribution in [0.1, 0.15) is 15.9 Å². The van der Waals surface area contributed by atoms with E-state index >= 15 is 0 Å². The van der Waals surface area contributed by atoms with Crippen LogP contribution in [0.5, 0.6) is 23.0 Å². The number of halogens is 3. The molecule has 0 saturated heterocycles. The summed E-state index contributed by atoms with van der Waals surface area (Å²) in [5.74, 6) is -1.32. The first-order valence-corrected chi connectivity index (χ1v) is 7.66. The van der Waals surface area contributed by atoms with Gasteiger partial charge in [-0.15, -0.1) is 0 Å². The molecule has 0 aromatic heterocycles. The molecule has 0 heterocycles. The minimum atomic E-state index is -3.05. The summed E-state index contributed by atoms with van der Waals surface area (Å²) >= 11 is 0. The molecule has 0 spiro atoms. The SMILES string of the molecule is COc1ccc(C(=O)/C=C/c2cc(OC)c(OC(F)F)c(OC)c2)cc1F. The second-order valence-corrected chi connectivity index (χ2v) is 5.18. The Morgan fingerprint density at radius 2 is 1.56 bits per heavy atom. The molecule has 0 N–H and O–H groups in total. The molecule has 0 aliphatic carbocycles. The van der Waals surface area contributed by atoms with E-state index in [0.29, 0.717) is 5.56 Å². The molecule has 0 fully saturated rings. The van der Waals surface area contributed by atoms with Gasteiger partial charge in [0.1, 0.15) is 0 Å². The summed E-state index contributed by atoms with van der Waals surface area (Å²) in [6, 6.07) is 6.64. The van der Waals surface area contributed by atoms with Gasteiger partial charge in [0.05, 0.1) is 21.3 Å². The van der Waals surface area contributed by atoms with Crippen LogP contribution in [0, 0.1) is 5.82 Å². The number of carbonyl (C=O) groups is 1. The monoisotopic (exact) mass is 382 g/mol. The van der Waals surface area contributed by atoms with Gasteiger partial charge in [0.25, 0.3) is 0 Å². The Morgan fingerprint density at radius 3 is 2.04 bits per heavy atom. The average molecular weight is 382 g/mol. The minimum Gasteiger partial charge on any atom is -0.494 e. The summed E-state index contributed by atoms with van der Waals surface area (Å²) in [6.07, 6.45) is 2.63. The Labute approximate surface area is 153 Å². The molecule has 5 nitrogen and oxygen atoms in total. The fraction of sp³-hybridized carbons (Fsp3) is 0.211. The van der Waals surface area contributed by atoms with Gasteiger partial charge >= 0.3 is 6.61 Å². The quantitative estimate of drug-likeness (QED) is 0.502. The molecule has 8 heteroatoms. The fourth-order valence-electron chi connectivity index (χ4n) is 2.29. The molecule has 0 amide bonds. The molecule has 0 radical (unpaired) electrons. The normalized spacial score (nSPS) is 10.9. The lowest BCUT2D eigenvalue weighted by atomic mass is 10.1. The molecule has 0 unspecified atom stereocenters. The molecule has 144 valence electrons. The molecule has 2 aromatic carbocycles. The zero-order valence-electron chi connectivity index (χ0n) is 14.8. The molecule has 0 aliphatic heterocycles. The van der Waals surface area contributed by atoms with Crippen molar-refractivity contribution in [2.45, 2.75) is 6.61 Å². The highest BCUT2D eigenvalue weighted by Crippen LogP contribution is 2.39. The maximum absolute atomic E-state index is 13.7. The summed E-state index contributed by atoms with van der Waals surface area (Å²) < 4.78 is 58.1. The molecule has 0 saturated carbocycles. The van der Waals surface area contributed by atoms with E-state index in [2.05, 4.69) is 4.74 Å². The van der Waals surface area contributed by atoms with Gasteiger partial charge in [-0.25, -0.2) is 4.39 Å². The molecule has 0 bridgehead atoms. The Bertz CT molecular complexity index is 824. The van der Waals surface area contributed by atoms with Crippen molar-refractivity contribution in [1.82, 2.24) is 0 Å². The number of alkyl halides is 2. The Kier molecular flexibility index (Phi) is 6.70. The highest BCUT2D eigenvalue weighted by atomic mass is 19.3. The van der Waals surface area contributed by atoms with E-state index in [1.807, 2.05) is 0 Å². The van der Waals surface area contributed by atoms with Crippen molar-refractivity contribution >= 4 is 11.9 Å². The van der Waals surface area contributed by atoms with Gasteiger partial charge in [-0.2, -0.15) is 8.78 Å². The van der Waals surface area contributed by atoms with Gasteiger partial charge < -0.3 is 18.9 Å². The van der Waals surface area contributed by atoms with Crippen LogP contribution in [0.3, 0.4) is 0 Å². The van der Waals surface area contributed by atoms with Gasteiger partial charge in [0.15, 0.2) is 28.8 Å². The van der Waals surface area contributed by atoms with Gasteiger partial charge in [-0.3, -0.25) is 4.79 Å². The third-order valence-corrected chi connectivity index (χ3v) is 3.55. The number of ketones is 1. The van der Waals surface area contributed by atoms with Gasteiger partial charge in [0, 0.05) is 5.56 Å². The highest BCUT2D eigenvalue weighted by Gasteiger charge is 2.17. The van der Waals surface area contributed by atoms with E-state index < -0.39 is 18.2 Å². The van der Waals surface area contributed by atoms with Crippen molar-refractivity contribution in [2.75, 3.05) is 21.3 Å². The number of rotatable bonds is 8. The number of hydrogen-bond acceptors (Lipinski definition) is 5. The third kappa shape index (κ3) is 4.93. The van der Waals surface area contributed by atoms with Crippen molar-refractivity contribution < 1.29 is 36.9 Å². The Hall–Kier alpha value is -3.16. The van der Waals surface area contributed by atoms with E-state index in [4.69, 9.17) is 14.2 Å². The van der Waals surface area contributed by atoms with E-state index in [-0.39, 0.29) is 28.6 Å². The first kappa shape index (κ1) is 20.2. The summed E-state index contributed by atoms with van der Waals surface area (Å²) in [7, 11) is 3.89. The zero-order chi connectivity index (χ0) is 20.0. The maximum atomic E-state index is 13.7. The predicted molar refractivity (Wildman–Crippen MR) is 92.5 cm³/mol. The largest absolute Gasteiger partial charge is 0.494 e. The second-order valence-electron chi connectivity index (χ2n) is 5.18. The zero-order valence-corrected chi connectivity index (χ0v) is 14.8. The van der Waals surface area contributed by atoms with Crippen LogP contribution in [0.15, 0.2) is 36.4 Å². The van der Waals surface area contributed by atoms with Crippen LogP contribution in [0.4, 0.5) is 13.2 Å². The van der Waals surface area contributed by atoms with Crippen LogP contribution in [0.25, 0.3) is 6.08 Å². The van der Waals surface area contributed by atoms with Crippen LogP contribution < -0.4 is 18.9 Å². The lowest BCUT2D eigenvalue weighted by Crippen LogP contribution is -2.05. The third-order valence-electron chi connectivity index (χ3n) is 3.55. The van der Waals surface area contributed by atoms with Crippen molar-refractivity contribution in [3.63, 3.8) is 0 Å². The van der Waals surface area contributed by atoms with Gasteiger partial charge in [0.2, 0.25) is 5.75 Å². The first-order valence-electron chi connectivity index (χ1n) is 7.66. The molecular weight excluding hydrogens is 365 g/mol.